The Kier molecular flexibility index (Phi) is 5.54. The minimum Gasteiger partial charge on any atom is -0.383 e. The van der Waals surface area contributed by atoms with E-state index in [1.807, 2.05) is 6.92 Å². The molecule has 0 spiro atoms. The lowest BCUT2D eigenvalue weighted by Gasteiger charge is -2.15. The molecule has 0 radical (unpaired) electrons. The Morgan fingerprint density at radius 1 is 1.59 bits per heavy atom. The van der Waals surface area contributed by atoms with Gasteiger partial charge in [-0.25, -0.2) is 13.1 Å². The minimum atomic E-state index is -3.45. The number of nitrogens with two attached hydrogens (primary N) is 1. The Balaban J connectivity index is 2.80. The van der Waals surface area contributed by atoms with E-state index in [9.17, 15) is 8.42 Å². The number of nitrogens with one attached hydrogen (secondary N) is 1. The fraction of sp³-hybridized carbons (Fsp3) is 0.600. The van der Waals surface area contributed by atoms with Gasteiger partial charge in [0.15, 0.2) is 0 Å². The molecule has 0 saturated carbocycles. The third kappa shape index (κ3) is 4.04. The van der Waals surface area contributed by atoms with Crippen molar-refractivity contribution in [3.8, 4) is 0 Å². The van der Waals surface area contributed by atoms with Crippen molar-refractivity contribution in [1.82, 2.24) is 4.72 Å². The number of methoxy groups -OCH3 is 1. The molecule has 1 aromatic rings. The number of thiophene rings is 1. The third-order valence-electron chi connectivity index (χ3n) is 2.31. The van der Waals surface area contributed by atoms with Crippen LogP contribution in [0.5, 0.6) is 0 Å². The van der Waals surface area contributed by atoms with Gasteiger partial charge in [0.1, 0.15) is 4.21 Å². The molecule has 0 fully saturated rings. The van der Waals surface area contributed by atoms with Gasteiger partial charge < -0.3 is 10.5 Å². The molecule has 0 aliphatic carbocycles. The normalized spacial score (nSPS) is 13.8. The molecular formula is C10H18N2O3S2. The first-order valence-corrected chi connectivity index (χ1v) is 7.68. The van der Waals surface area contributed by atoms with Crippen molar-refractivity contribution in [3.05, 3.63) is 17.0 Å². The molecule has 3 N–H and O–H groups in total. The topological polar surface area (TPSA) is 81.4 Å². The molecule has 0 bridgehead atoms. The summed E-state index contributed by atoms with van der Waals surface area (Å²) >= 11 is 1.18. The standard InChI is InChI=1S/C10H18N2O3S2/c1-3-9(6-15-2)12-17(13,14)10-4-8(5-11)7-16-10/h4,7,9,12H,3,5-6,11H2,1-2H3. The highest BCUT2D eigenvalue weighted by Crippen LogP contribution is 2.20. The van der Waals surface area contributed by atoms with Crippen LogP contribution in [0.3, 0.4) is 0 Å². The summed E-state index contributed by atoms with van der Waals surface area (Å²) in [5.41, 5.74) is 6.28. The number of rotatable bonds is 7. The molecule has 98 valence electrons. The van der Waals surface area contributed by atoms with Gasteiger partial charge in [-0.15, -0.1) is 11.3 Å². The van der Waals surface area contributed by atoms with Gasteiger partial charge in [-0.1, -0.05) is 6.92 Å². The molecule has 7 heteroatoms. The first-order chi connectivity index (χ1) is 8.03. The number of hydrogen-bond donors (Lipinski definition) is 2. The highest BCUT2D eigenvalue weighted by Gasteiger charge is 2.20. The van der Waals surface area contributed by atoms with E-state index in [2.05, 4.69) is 4.72 Å². The van der Waals surface area contributed by atoms with Crippen LogP contribution in [-0.2, 0) is 21.3 Å². The Hall–Kier alpha value is -0.470. The highest BCUT2D eigenvalue weighted by atomic mass is 32.2. The fourth-order valence-corrected chi connectivity index (χ4v) is 3.86. The van der Waals surface area contributed by atoms with Crippen LogP contribution in [0.25, 0.3) is 0 Å². The van der Waals surface area contributed by atoms with Crippen molar-refractivity contribution in [2.75, 3.05) is 13.7 Å². The second-order valence-corrected chi connectivity index (χ2v) is 6.51. The van der Waals surface area contributed by atoms with Gasteiger partial charge >= 0.3 is 0 Å². The number of sulfonamides is 1. The van der Waals surface area contributed by atoms with E-state index < -0.39 is 10.0 Å². The molecule has 1 aromatic heterocycles. The summed E-state index contributed by atoms with van der Waals surface area (Å²) in [5, 5.41) is 1.76. The largest absolute Gasteiger partial charge is 0.383 e. The molecule has 0 amide bonds. The van der Waals surface area contributed by atoms with Crippen molar-refractivity contribution in [2.24, 2.45) is 5.73 Å². The maximum Gasteiger partial charge on any atom is 0.250 e. The van der Waals surface area contributed by atoms with Crippen molar-refractivity contribution >= 4 is 21.4 Å². The Morgan fingerprint density at radius 2 is 2.29 bits per heavy atom. The summed E-state index contributed by atoms with van der Waals surface area (Å²) in [6.07, 6.45) is 0.683. The van der Waals surface area contributed by atoms with E-state index in [1.54, 1.807) is 18.6 Å². The Bertz CT molecular complexity index is 442. The van der Waals surface area contributed by atoms with E-state index in [0.717, 1.165) is 5.56 Å². The van der Waals surface area contributed by atoms with Gasteiger partial charge in [0.05, 0.1) is 6.61 Å². The van der Waals surface area contributed by atoms with E-state index in [4.69, 9.17) is 10.5 Å². The summed E-state index contributed by atoms with van der Waals surface area (Å²) < 4.78 is 31.9. The quantitative estimate of drug-likeness (QED) is 0.777. The lowest BCUT2D eigenvalue weighted by atomic mass is 10.3. The smallest absolute Gasteiger partial charge is 0.250 e. The Morgan fingerprint density at radius 3 is 2.76 bits per heavy atom. The van der Waals surface area contributed by atoms with Crippen LogP contribution in [0, 0.1) is 0 Å². The fourth-order valence-electron chi connectivity index (χ4n) is 1.32. The SMILES string of the molecule is CCC(COC)NS(=O)(=O)c1cc(CN)cs1. The van der Waals surface area contributed by atoms with E-state index >= 15 is 0 Å². The zero-order valence-corrected chi connectivity index (χ0v) is 11.6. The maximum absolute atomic E-state index is 12.0. The van der Waals surface area contributed by atoms with Crippen LogP contribution >= 0.6 is 11.3 Å². The number of ether oxygens (including phenoxy) is 1. The van der Waals surface area contributed by atoms with Gasteiger partial charge in [0.25, 0.3) is 0 Å². The molecule has 1 rings (SSSR count). The molecule has 1 heterocycles. The van der Waals surface area contributed by atoms with Crippen LogP contribution in [0.2, 0.25) is 0 Å². The van der Waals surface area contributed by atoms with Crippen LogP contribution in [0.1, 0.15) is 18.9 Å². The molecule has 1 unspecified atom stereocenters. The van der Waals surface area contributed by atoms with Gasteiger partial charge in [0.2, 0.25) is 10.0 Å². The predicted octanol–water partition coefficient (Wildman–Crippen LogP) is 0.910. The summed E-state index contributed by atoms with van der Waals surface area (Å²) in [7, 11) is -1.90. The van der Waals surface area contributed by atoms with Crippen LogP contribution in [0.4, 0.5) is 0 Å². The van der Waals surface area contributed by atoms with Crippen LogP contribution in [0.15, 0.2) is 15.7 Å². The van der Waals surface area contributed by atoms with Gasteiger partial charge in [-0.2, -0.15) is 0 Å². The summed E-state index contributed by atoms with van der Waals surface area (Å²) in [6.45, 7) is 2.62. The van der Waals surface area contributed by atoms with Crippen LogP contribution in [-0.4, -0.2) is 28.2 Å². The van der Waals surface area contributed by atoms with Crippen molar-refractivity contribution < 1.29 is 13.2 Å². The highest BCUT2D eigenvalue weighted by molar-refractivity contribution is 7.91. The zero-order chi connectivity index (χ0) is 12.9. The molecular weight excluding hydrogens is 260 g/mol. The van der Waals surface area contributed by atoms with E-state index in [1.165, 1.54) is 11.3 Å². The van der Waals surface area contributed by atoms with Gasteiger partial charge in [0, 0.05) is 19.7 Å². The molecule has 0 aromatic carbocycles. The minimum absolute atomic E-state index is 0.201. The maximum atomic E-state index is 12.0. The van der Waals surface area contributed by atoms with Crippen molar-refractivity contribution in [3.63, 3.8) is 0 Å². The van der Waals surface area contributed by atoms with Crippen molar-refractivity contribution in [2.45, 2.75) is 30.1 Å². The molecule has 0 aliphatic heterocycles. The van der Waals surface area contributed by atoms with Crippen molar-refractivity contribution in [1.29, 1.82) is 0 Å². The molecule has 0 aliphatic rings. The third-order valence-corrected chi connectivity index (χ3v) is 5.32. The molecule has 5 nitrogen and oxygen atoms in total. The predicted molar refractivity (Wildman–Crippen MR) is 68.5 cm³/mol. The second kappa shape index (κ2) is 6.46. The average molecular weight is 278 g/mol. The number of hydrogen-bond acceptors (Lipinski definition) is 5. The van der Waals surface area contributed by atoms with Gasteiger partial charge in [-0.3, -0.25) is 0 Å². The lowest BCUT2D eigenvalue weighted by molar-refractivity contribution is 0.173. The Labute approximate surface area is 106 Å². The van der Waals surface area contributed by atoms with E-state index in [-0.39, 0.29) is 6.04 Å². The average Bonchev–Trinajstić information content (AvgIpc) is 2.77. The first kappa shape index (κ1) is 14.6. The lowest BCUT2D eigenvalue weighted by Crippen LogP contribution is -2.37. The van der Waals surface area contributed by atoms with Gasteiger partial charge in [-0.05, 0) is 23.4 Å². The monoisotopic (exact) mass is 278 g/mol. The molecule has 17 heavy (non-hydrogen) atoms. The zero-order valence-electron chi connectivity index (χ0n) is 9.97. The summed E-state index contributed by atoms with van der Waals surface area (Å²) in [4.78, 5) is 0. The summed E-state index contributed by atoms with van der Waals surface area (Å²) in [6, 6.07) is 1.40. The van der Waals surface area contributed by atoms with E-state index in [0.29, 0.717) is 23.8 Å². The molecule has 1 atom stereocenters. The van der Waals surface area contributed by atoms with Crippen LogP contribution < -0.4 is 10.5 Å². The molecule has 0 saturated heterocycles. The first-order valence-electron chi connectivity index (χ1n) is 5.32. The summed E-state index contributed by atoms with van der Waals surface area (Å²) in [5.74, 6) is 0. The second-order valence-electron chi connectivity index (χ2n) is 3.66.